The third kappa shape index (κ3) is 3.48. The van der Waals surface area contributed by atoms with E-state index in [1.165, 1.54) is 0 Å². The number of rotatable bonds is 5. The molecular formula is C23H21N7O. The molecule has 8 heteroatoms. The third-order valence-electron chi connectivity index (χ3n) is 5.12. The molecule has 0 bridgehead atoms. The topological polar surface area (TPSA) is 108 Å². The highest BCUT2D eigenvalue weighted by Gasteiger charge is 2.15. The van der Waals surface area contributed by atoms with Crippen LogP contribution in [0.15, 0.2) is 73.2 Å². The average Bonchev–Trinajstić information content (AvgIpc) is 3.49. The monoisotopic (exact) mass is 411 g/mol. The van der Waals surface area contributed by atoms with Crippen molar-refractivity contribution in [3.63, 3.8) is 0 Å². The van der Waals surface area contributed by atoms with Gasteiger partial charge >= 0.3 is 0 Å². The highest BCUT2D eigenvalue weighted by molar-refractivity contribution is 5.92. The van der Waals surface area contributed by atoms with Crippen LogP contribution >= 0.6 is 0 Å². The van der Waals surface area contributed by atoms with Crippen molar-refractivity contribution in [1.82, 2.24) is 29.5 Å². The number of nitrogens with zero attached hydrogens (tertiary/aromatic N) is 6. The number of nitrogens with two attached hydrogens (primary N) is 1. The Hall–Kier alpha value is -3.88. The van der Waals surface area contributed by atoms with Crippen LogP contribution in [0.4, 0.5) is 0 Å². The summed E-state index contributed by atoms with van der Waals surface area (Å²) in [4.78, 5) is 9.26. The maximum absolute atomic E-state index is 9.48. The normalized spacial score (nSPS) is 12.4. The van der Waals surface area contributed by atoms with E-state index in [4.69, 9.17) is 10.7 Å². The van der Waals surface area contributed by atoms with Gasteiger partial charge in [-0.3, -0.25) is 4.98 Å². The van der Waals surface area contributed by atoms with E-state index in [1.807, 2.05) is 66.3 Å². The van der Waals surface area contributed by atoms with Crippen molar-refractivity contribution in [2.75, 3.05) is 0 Å². The van der Waals surface area contributed by atoms with Gasteiger partial charge in [-0.15, -0.1) is 0 Å². The van der Waals surface area contributed by atoms with Crippen LogP contribution in [0.1, 0.15) is 24.4 Å². The lowest BCUT2D eigenvalue weighted by atomic mass is 10.1. The number of hydrogen-bond donors (Lipinski definition) is 2. The van der Waals surface area contributed by atoms with Crippen LogP contribution in [0.2, 0.25) is 0 Å². The quantitative estimate of drug-likeness (QED) is 0.460. The van der Waals surface area contributed by atoms with Gasteiger partial charge in [-0.25, -0.2) is 14.3 Å². The number of pyridine rings is 2. The molecular weight excluding hydrogens is 390 g/mol. The Morgan fingerprint density at radius 2 is 1.90 bits per heavy atom. The van der Waals surface area contributed by atoms with Crippen molar-refractivity contribution in [3.05, 3.63) is 84.6 Å². The van der Waals surface area contributed by atoms with Crippen LogP contribution in [-0.2, 0) is 6.61 Å². The SMILES string of the molecule is C[C@H](N)c1cccc(-c2cc(-n3cccn3)c3cnn(-c4cccc(CO)n4)c3c2)n1. The average molecular weight is 411 g/mol. The summed E-state index contributed by atoms with van der Waals surface area (Å²) in [5.41, 5.74) is 10.9. The van der Waals surface area contributed by atoms with Crippen molar-refractivity contribution in [1.29, 1.82) is 0 Å². The minimum Gasteiger partial charge on any atom is -0.390 e. The molecule has 0 aliphatic heterocycles. The molecule has 0 amide bonds. The first kappa shape index (κ1) is 19.1. The van der Waals surface area contributed by atoms with Gasteiger partial charge in [0.1, 0.15) is 0 Å². The fraction of sp³-hybridized carbons (Fsp3) is 0.130. The molecule has 3 N–H and O–H groups in total. The minimum atomic E-state index is -0.162. The molecule has 0 saturated heterocycles. The van der Waals surface area contributed by atoms with Gasteiger partial charge < -0.3 is 10.8 Å². The van der Waals surface area contributed by atoms with Crippen LogP contribution in [0, 0.1) is 0 Å². The Kier molecular flexibility index (Phi) is 4.78. The minimum absolute atomic E-state index is 0.134. The summed E-state index contributed by atoms with van der Waals surface area (Å²) in [6, 6.07) is 17.1. The summed E-state index contributed by atoms with van der Waals surface area (Å²) >= 11 is 0. The predicted molar refractivity (Wildman–Crippen MR) is 118 cm³/mol. The standard InChI is InChI=1S/C23H21N7O/c1-15(24)19-6-3-7-20(28-19)16-11-21(29-10-4-9-25-29)18-13-26-30(22(18)12-16)23-8-2-5-17(14-31)27-23/h2-13,15,31H,14,24H2,1H3/t15-/m0/s1. The molecule has 0 aliphatic rings. The molecule has 5 rings (SSSR count). The Morgan fingerprint density at radius 3 is 2.68 bits per heavy atom. The second-order valence-corrected chi connectivity index (χ2v) is 7.32. The molecule has 1 aromatic carbocycles. The van der Waals surface area contributed by atoms with Crippen LogP contribution in [0.25, 0.3) is 33.7 Å². The van der Waals surface area contributed by atoms with Gasteiger partial charge in [0.25, 0.3) is 0 Å². The number of aromatic nitrogens is 6. The zero-order valence-corrected chi connectivity index (χ0v) is 16.9. The van der Waals surface area contributed by atoms with Crippen LogP contribution in [-0.4, -0.2) is 34.6 Å². The largest absolute Gasteiger partial charge is 0.390 e. The molecule has 0 fully saturated rings. The summed E-state index contributed by atoms with van der Waals surface area (Å²) in [5.74, 6) is 0.627. The molecule has 0 unspecified atom stereocenters. The molecule has 1 atom stereocenters. The molecule has 8 nitrogen and oxygen atoms in total. The highest BCUT2D eigenvalue weighted by Crippen LogP contribution is 2.30. The zero-order valence-electron chi connectivity index (χ0n) is 16.9. The summed E-state index contributed by atoms with van der Waals surface area (Å²) in [6.07, 6.45) is 5.44. The van der Waals surface area contributed by atoms with Gasteiger partial charge in [-0.1, -0.05) is 12.1 Å². The van der Waals surface area contributed by atoms with Crippen molar-refractivity contribution >= 4 is 10.9 Å². The van der Waals surface area contributed by atoms with Gasteiger partial charge in [0.05, 0.1) is 41.1 Å². The van der Waals surface area contributed by atoms with Crippen molar-refractivity contribution < 1.29 is 5.11 Å². The summed E-state index contributed by atoms with van der Waals surface area (Å²) < 4.78 is 3.57. The van der Waals surface area contributed by atoms with Crippen LogP contribution < -0.4 is 5.73 Å². The first-order valence-electron chi connectivity index (χ1n) is 9.96. The lowest BCUT2D eigenvalue weighted by Gasteiger charge is -2.11. The van der Waals surface area contributed by atoms with E-state index in [9.17, 15) is 5.11 Å². The van der Waals surface area contributed by atoms with Crippen molar-refractivity contribution in [3.8, 4) is 22.8 Å². The molecule has 4 heterocycles. The van der Waals surface area contributed by atoms with Crippen molar-refractivity contribution in [2.24, 2.45) is 5.73 Å². The molecule has 4 aromatic heterocycles. The maximum Gasteiger partial charge on any atom is 0.154 e. The van der Waals surface area contributed by atoms with E-state index in [0.29, 0.717) is 11.5 Å². The second-order valence-electron chi connectivity index (χ2n) is 7.32. The van der Waals surface area contributed by atoms with E-state index in [2.05, 4.69) is 15.2 Å². The predicted octanol–water partition coefficient (Wildman–Crippen LogP) is 3.18. The van der Waals surface area contributed by atoms with Crippen LogP contribution in [0.5, 0.6) is 0 Å². The van der Waals surface area contributed by atoms with E-state index in [1.54, 1.807) is 23.1 Å². The number of aliphatic hydroxyl groups is 1. The van der Waals surface area contributed by atoms with Crippen LogP contribution in [0.3, 0.4) is 0 Å². The summed E-state index contributed by atoms with van der Waals surface area (Å²) in [6.45, 7) is 1.78. The van der Waals surface area contributed by atoms with Gasteiger partial charge in [-0.2, -0.15) is 10.2 Å². The Bertz CT molecular complexity index is 1360. The first-order valence-corrected chi connectivity index (χ1v) is 9.96. The number of aliphatic hydroxyl groups excluding tert-OH is 1. The van der Waals surface area contributed by atoms with Gasteiger partial charge in [0.2, 0.25) is 0 Å². The van der Waals surface area contributed by atoms with E-state index in [-0.39, 0.29) is 12.6 Å². The lowest BCUT2D eigenvalue weighted by Crippen LogP contribution is -2.07. The Labute approximate surface area is 178 Å². The van der Waals surface area contributed by atoms with E-state index >= 15 is 0 Å². The molecule has 0 saturated carbocycles. The molecule has 31 heavy (non-hydrogen) atoms. The fourth-order valence-corrected chi connectivity index (χ4v) is 3.58. The second kappa shape index (κ2) is 7.75. The molecule has 154 valence electrons. The number of benzene rings is 1. The molecule has 0 radical (unpaired) electrons. The fourth-order valence-electron chi connectivity index (χ4n) is 3.58. The van der Waals surface area contributed by atoms with Gasteiger partial charge in [0, 0.05) is 29.4 Å². The molecule has 0 aliphatic carbocycles. The smallest absolute Gasteiger partial charge is 0.154 e. The third-order valence-corrected chi connectivity index (χ3v) is 5.12. The first-order chi connectivity index (χ1) is 15.1. The Morgan fingerprint density at radius 1 is 1.03 bits per heavy atom. The van der Waals surface area contributed by atoms with Crippen molar-refractivity contribution in [2.45, 2.75) is 19.6 Å². The maximum atomic E-state index is 9.48. The highest BCUT2D eigenvalue weighted by atomic mass is 16.3. The van der Waals surface area contributed by atoms with Gasteiger partial charge in [-0.05, 0) is 49.4 Å². The zero-order chi connectivity index (χ0) is 21.4. The number of hydrogen-bond acceptors (Lipinski definition) is 6. The summed E-state index contributed by atoms with van der Waals surface area (Å²) in [7, 11) is 0. The van der Waals surface area contributed by atoms with E-state index < -0.39 is 0 Å². The molecule has 5 aromatic rings. The Balaban J connectivity index is 1.76. The summed E-state index contributed by atoms with van der Waals surface area (Å²) in [5, 5.41) is 19.4. The number of fused-ring (bicyclic) bond motifs is 1. The van der Waals surface area contributed by atoms with E-state index in [0.717, 1.165) is 33.5 Å². The molecule has 0 spiro atoms. The van der Waals surface area contributed by atoms with Gasteiger partial charge in [0.15, 0.2) is 5.82 Å². The lowest BCUT2D eigenvalue weighted by molar-refractivity contribution is 0.276.